The van der Waals surface area contributed by atoms with Gasteiger partial charge >= 0.3 is 0 Å². The van der Waals surface area contributed by atoms with E-state index in [9.17, 15) is 0 Å². The molecule has 1 aromatic rings. The van der Waals surface area contributed by atoms with Crippen molar-refractivity contribution in [2.75, 3.05) is 7.05 Å². The molecular formula is C22H43NOSi2. The van der Waals surface area contributed by atoms with Crippen LogP contribution in [0.5, 0.6) is 0 Å². The highest BCUT2D eigenvalue weighted by molar-refractivity contribution is 6.77. The van der Waals surface area contributed by atoms with Gasteiger partial charge in [0.05, 0.1) is 6.10 Å². The van der Waals surface area contributed by atoms with Crippen LogP contribution in [0, 0.1) is 0 Å². The van der Waals surface area contributed by atoms with Crippen molar-refractivity contribution >= 4 is 16.6 Å². The lowest BCUT2D eigenvalue weighted by Gasteiger charge is -2.50. The summed E-state index contributed by atoms with van der Waals surface area (Å²) in [4.78, 5) is 0. The number of likely N-dealkylation sites (N-methyl/N-ethyl adjacent to an activating group) is 1. The summed E-state index contributed by atoms with van der Waals surface area (Å²) in [6.45, 7) is 26.2. The second-order valence-corrected chi connectivity index (χ2v) is 20.9. The van der Waals surface area contributed by atoms with Gasteiger partial charge in [-0.3, -0.25) is 0 Å². The summed E-state index contributed by atoms with van der Waals surface area (Å²) in [6.07, 6.45) is 0.108. The Labute approximate surface area is 165 Å². The van der Waals surface area contributed by atoms with Crippen LogP contribution in [0.4, 0.5) is 0 Å². The van der Waals surface area contributed by atoms with Gasteiger partial charge in [-0.2, -0.15) is 0 Å². The fourth-order valence-electron chi connectivity index (χ4n) is 2.82. The second-order valence-electron chi connectivity index (χ2n) is 10.9. The van der Waals surface area contributed by atoms with Gasteiger partial charge in [-0.25, -0.2) is 0 Å². The van der Waals surface area contributed by atoms with E-state index >= 15 is 0 Å². The lowest BCUT2D eigenvalue weighted by atomic mass is 10.0. The van der Waals surface area contributed by atoms with Gasteiger partial charge in [0.2, 0.25) is 0 Å². The van der Waals surface area contributed by atoms with Crippen LogP contribution >= 0.6 is 0 Å². The van der Waals surface area contributed by atoms with Gasteiger partial charge < -0.3 is 8.99 Å². The number of benzene rings is 1. The minimum absolute atomic E-state index is 0.108. The van der Waals surface area contributed by atoms with Crippen LogP contribution < -0.4 is 0 Å². The molecule has 26 heavy (non-hydrogen) atoms. The van der Waals surface area contributed by atoms with E-state index < -0.39 is 16.6 Å². The average molecular weight is 394 g/mol. The molecule has 0 radical (unpaired) electrons. The normalized spacial score (nSPS) is 16.7. The molecule has 0 saturated heterocycles. The quantitative estimate of drug-likeness (QED) is 0.479. The van der Waals surface area contributed by atoms with Crippen molar-refractivity contribution < 1.29 is 4.43 Å². The zero-order valence-corrected chi connectivity index (χ0v) is 21.4. The number of hydrogen-bond acceptors (Lipinski definition) is 2. The van der Waals surface area contributed by atoms with E-state index in [1.165, 1.54) is 5.56 Å². The topological polar surface area (TPSA) is 12.5 Å². The maximum atomic E-state index is 7.00. The predicted molar refractivity (Wildman–Crippen MR) is 122 cm³/mol. The summed E-state index contributed by atoms with van der Waals surface area (Å²) in [5.41, 5.74) is 1.30. The van der Waals surface area contributed by atoms with Crippen molar-refractivity contribution in [3.63, 3.8) is 0 Å². The van der Waals surface area contributed by atoms with Gasteiger partial charge in [0.15, 0.2) is 8.32 Å². The maximum absolute atomic E-state index is 7.00. The Bertz CT molecular complexity index is 570. The molecule has 2 unspecified atom stereocenters. The highest BCUT2D eigenvalue weighted by Crippen LogP contribution is 2.44. The molecule has 0 aliphatic rings. The molecule has 0 heterocycles. The summed E-state index contributed by atoms with van der Waals surface area (Å²) in [7, 11) is -1.18. The van der Waals surface area contributed by atoms with Crippen LogP contribution in [0.3, 0.4) is 0 Å². The third-order valence-corrected chi connectivity index (χ3v) is 17.4. The Hall–Kier alpha value is -0.426. The fourth-order valence-corrected chi connectivity index (χ4v) is 6.36. The van der Waals surface area contributed by atoms with E-state index in [1.54, 1.807) is 0 Å². The molecule has 0 fully saturated rings. The van der Waals surface area contributed by atoms with E-state index in [-0.39, 0.29) is 11.1 Å². The average Bonchev–Trinajstić information content (AvgIpc) is 2.49. The molecule has 2 nitrogen and oxygen atoms in total. The molecule has 0 spiro atoms. The molecular weight excluding hydrogens is 350 g/mol. The Balaban J connectivity index is 3.30. The van der Waals surface area contributed by atoms with Crippen molar-refractivity contribution in [1.29, 1.82) is 0 Å². The lowest BCUT2D eigenvalue weighted by Crippen LogP contribution is -2.58. The summed E-state index contributed by atoms with van der Waals surface area (Å²) >= 11 is 0. The van der Waals surface area contributed by atoms with Crippen LogP contribution in [0.25, 0.3) is 0 Å². The smallest absolute Gasteiger partial charge is 0.192 e. The van der Waals surface area contributed by atoms with Crippen LogP contribution in [0.15, 0.2) is 30.3 Å². The van der Waals surface area contributed by atoms with E-state index in [0.29, 0.717) is 11.1 Å². The van der Waals surface area contributed by atoms with Crippen LogP contribution in [-0.2, 0) is 4.43 Å². The summed E-state index contributed by atoms with van der Waals surface area (Å²) in [6, 6.07) is 11.2. The van der Waals surface area contributed by atoms with E-state index in [2.05, 4.69) is 117 Å². The molecule has 1 rings (SSSR count). The molecule has 2 atom stereocenters. The standard InChI is InChI=1S/C22H43NOSi2/c1-18(23(8)25(9,10)21(2,3)4)20(19-16-14-13-15-17-19)24-26(11,12)22(5,6)7/h13-18,20H,1-12H3. The van der Waals surface area contributed by atoms with Crippen molar-refractivity contribution in [2.45, 2.75) is 96.9 Å². The molecule has 0 aliphatic heterocycles. The fraction of sp³-hybridized carbons (Fsp3) is 0.727. The first-order valence-electron chi connectivity index (χ1n) is 9.98. The third kappa shape index (κ3) is 5.09. The number of nitrogens with zero attached hydrogens (tertiary/aromatic N) is 1. The van der Waals surface area contributed by atoms with E-state index in [1.807, 2.05) is 0 Å². The van der Waals surface area contributed by atoms with Gasteiger partial charge in [-0.15, -0.1) is 0 Å². The SMILES string of the molecule is CC(C(O[Si](C)(C)C(C)(C)C)c1ccccc1)N(C)[Si](C)(C)C(C)(C)C. The summed E-state index contributed by atoms with van der Waals surface area (Å²) < 4.78 is 9.65. The third-order valence-electron chi connectivity index (χ3n) is 7.12. The summed E-state index contributed by atoms with van der Waals surface area (Å²) in [5.74, 6) is 0. The Morgan fingerprint density at radius 3 is 1.69 bits per heavy atom. The molecule has 0 saturated carbocycles. The Morgan fingerprint density at radius 1 is 0.846 bits per heavy atom. The minimum atomic E-state index is -1.88. The van der Waals surface area contributed by atoms with Crippen molar-refractivity contribution in [2.24, 2.45) is 0 Å². The highest BCUT2D eigenvalue weighted by atomic mass is 28.4. The van der Waals surface area contributed by atoms with Gasteiger partial charge in [0, 0.05) is 6.04 Å². The van der Waals surface area contributed by atoms with Crippen LogP contribution in [-0.4, -0.2) is 34.2 Å². The highest BCUT2D eigenvalue weighted by Gasteiger charge is 2.45. The lowest BCUT2D eigenvalue weighted by molar-refractivity contribution is 0.111. The predicted octanol–water partition coefficient (Wildman–Crippen LogP) is 7.08. The first-order chi connectivity index (χ1) is 11.5. The maximum Gasteiger partial charge on any atom is 0.192 e. The van der Waals surface area contributed by atoms with Gasteiger partial charge in [0.25, 0.3) is 0 Å². The monoisotopic (exact) mass is 393 g/mol. The molecule has 4 heteroatoms. The number of hydrogen-bond donors (Lipinski definition) is 0. The molecule has 0 amide bonds. The van der Waals surface area contributed by atoms with E-state index in [0.717, 1.165) is 0 Å². The first kappa shape index (κ1) is 23.6. The van der Waals surface area contributed by atoms with Crippen molar-refractivity contribution in [3.05, 3.63) is 35.9 Å². The Kier molecular flexibility index (Phi) is 7.18. The van der Waals surface area contributed by atoms with Gasteiger partial charge in [-0.1, -0.05) is 85.0 Å². The summed E-state index contributed by atoms with van der Waals surface area (Å²) in [5, 5.41) is 0.517. The largest absolute Gasteiger partial charge is 0.408 e. The molecule has 1 aromatic carbocycles. The zero-order chi connectivity index (χ0) is 20.6. The zero-order valence-electron chi connectivity index (χ0n) is 19.4. The molecule has 0 aromatic heterocycles. The second kappa shape index (κ2) is 7.90. The van der Waals surface area contributed by atoms with Crippen molar-refractivity contribution in [1.82, 2.24) is 4.57 Å². The number of rotatable bonds is 6. The molecule has 0 bridgehead atoms. The molecule has 0 aliphatic carbocycles. The van der Waals surface area contributed by atoms with Crippen LogP contribution in [0.1, 0.15) is 60.1 Å². The van der Waals surface area contributed by atoms with Crippen molar-refractivity contribution in [3.8, 4) is 0 Å². The van der Waals surface area contributed by atoms with Gasteiger partial charge in [-0.05, 0) is 42.7 Å². The molecule has 0 N–H and O–H groups in total. The Morgan fingerprint density at radius 2 is 1.31 bits per heavy atom. The minimum Gasteiger partial charge on any atom is -0.408 e. The van der Waals surface area contributed by atoms with Crippen LogP contribution in [0.2, 0.25) is 36.3 Å². The molecule has 150 valence electrons. The van der Waals surface area contributed by atoms with E-state index in [4.69, 9.17) is 4.43 Å². The first-order valence-corrected chi connectivity index (χ1v) is 15.8. The van der Waals surface area contributed by atoms with Gasteiger partial charge in [0.1, 0.15) is 8.24 Å².